The first-order chi connectivity index (χ1) is 14.7. The van der Waals surface area contributed by atoms with Crippen molar-refractivity contribution in [3.8, 4) is 5.75 Å². The molecule has 2 aromatic carbocycles. The number of ketones is 1. The molecule has 1 aliphatic rings. The minimum Gasteiger partial charge on any atom is -0.495 e. The highest BCUT2D eigenvalue weighted by molar-refractivity contribution is 7.89. The van der Waals surface area contributed by atoms with E-state index in [4.69, 9.17) is 4.74 Å². The third-order valence-electron chi connectivity index (χ3n) is 5.66. The van der Waals surface area contributed by atoms with Gasteiger partial charge < -0.3 is 10.1 Å². The van der Waals surface area contributed by atoms with E-state index >= 15 is 0 Å². The van der Waals surface area contributed by atoms with Crippen molar-refractivity contribution in [2.75, 3.05) is 12.4 Å². The fourth-order valence-corrected chi connectivity index (χ4v) is 5.38. The molecule has 0 aromatic heterocycles. The highest BCUT2D eigenvalue weighted by Crippen LogP contribution is 2.29. The van der Waals surface area contributed by atoms with Crippen molar-refractivity contribution < 1.29 is 22.7 Å². The summed E-state index contributed by atoms with van der Waals surface area (Å²) in [6, 6.07) is 10.7. The Bertz CT molecular complexity index is 1080. The van der Waals surface area contributed by atoms with Crippen LogP contribution in [0.15, 0.2) is 47.4 Å². The predicted molar refractivity (Wildman–Crippen MR) is 119 cm³/mol. The van der Waals surface area contributed by atoms with E-state index in [2.05, 4.69) is 10.0 Å². The number of benzene rings is 2. The molecule has 7 nitrogen and oxygen atoms in total. The normalized spacial score (nSPS) is 18.9. The van der Waals surface area contributed by atoms with Gasteiger partial charge in [-0.25, -0.2) is 13.1 Å². The number of hydrogen-bond acceptors (Lipinski definition) is 5. The second kappa shape index (κ2) is 9.62. The molecule has 2 aromatic rings. The van der Waals surface area contributed by atoms with Crippen LogP contribution in [0.5, 0.6) is 5.75 Å². The summed E-state index contributed by atoms with van der Waals surface area (Å²) in [4.78, 5) is 24.3. The Morgan fingerprint density at radius 2 is 1.77 bits per heavy atom. The molecule has 0 radical (unpaired) electrons. The summed E-state index contributed by atoms with van der Waals surface area (Å²) >= 11 is 0. The molecule has 0 heterocycles. The van der Waals surface area contributed by atoms with Gasteiger partial charge in [-0.2, -0.15) is 0 Å². The monoisotopic (exact) mass is 444 g/mol. The number of carbonyl (C=O) groups excluding carboxylic acids is 2. The lowest BCUT2D eigenvalue weighted by Crippen LogP contribution is -2.41. The van der Waals surface area contributed by atoms with Crippen LogP contribution < -0.4 is 14.8 Å². The van der Waals surface area contributed by atoms with Gasteiger partial charge in [0, 0.05) is 22.9 Å². The highest BCUT2D eigenvalue weighted by Gasteiger charge is 2.29. The molecule has 8 heteroatoms. The van der Waals surface area contributed by atoms with Gasteiger partial charge in [0.05, 0.1) is 7.11 Å². The zero-order chi connectivity index (χ0) is 22.6. The molecular weight excluding hydrogens is 416 g/mol. The van der Waals surface area contributed by atoms with E-state index in [1.165, 1.54) is 32.2 Å². The Morgan fingerprint density at radius 1 is 1.03 bits per heavy atom. The zero-order valence-electron chi connectivity index (χ0n) is 18.0. The zero-order valence-corrected chi connectivity index (χ0v) is 18.8. The molecule has 31 heavy (non-hydrogen) atoms. The standard InChI is InChI=1S/C23H28N2O5S/c1-15-7-4-5-10-20(15)25-31(28,29)22-14-18(11-12-21(22)30-3)23(27)24-19-9-6-8-17(13-19)16(2)26/h6,8-9,11-15,20,25H,4-5,7,10H2,1-3H3,(H,24,27). The first kappa shape index (κ1) is 23.0. The minimum atomic E-state index is -3.88. The Kier molecular flexibility index (Phi) is 7.12. The van der Waals surface area contributed by atoms with E-state index in [1.54, 1.807) is 24.3 Å². The lowest BCUT2D eigenvalue weighted by atomic mass is 9.87. The lowest BCUT2D eigenvalue weighted by Gasteiger charge is -2.29. The van der Waals surface area contributed by atoms with E-state index in [9.17, 15) is 18.0 Å². The second-order valence-corrected chi connectivity index (χ2v) is 9.63. The van der Waals surface area contributed by atoms with Crippen molar-refractivity contribution in [2.24, 2.45) is 5.92 Å². The molecule has 2 unspecified atom stereocenters. The molecular formula is C23H28N2O5S. The van der Waals surface area contributed by atoms with E-state index in [1.807, 2.05) is 6.92 Å². The molecule has 1 fully saturated rings. The van der Waals surface area contributed by atoms with Crippen molar-refractivity contribution in [1.82, 2.24) is 4.72 Å². The van der Waals surface area contributed by atoms with Gasteiger partial charge in [0.2, 0.25) is 10.0 Å². The molecule has 0 saturated heterocycles. The predicted octanol–water partition coefficient (Wildman–Crippen LogP) is 4.01. The fourth-order valence-electron chi connectivity index (χ4n) is 3.80. The average Bonchev–Trinajstić information content (AvgIpc) is 2.75. The molecule has 3 rings (SSSR count). The van der Waals surface area contributed by atoms with Crippen molar-refractivity contribution in [1.29, 1.82) is 0 Å². The van der Waals surface area contributed by atoms with Crippen molar-refractivity contribution >= 4 is 27.4 Å². The number of Topliss-reactive ketones (excluding diaryl/α,β-unsaturated/α-hetero) is 1. The van der Waals surface area contributed by atoms with E-state index in [0.717, 1.165) is 25.7 Å². The van der Waals surface area contributed by atoms with Crippen LogP contribution in [-0.2, 0) is 10.0 Å². The van der Waals surface area contributed by atoms with Crippen LogP contribution in [0.2, 0.25) is 0 Å². The summed E-state index contributed by atoms with van der Waals surface area (Å²) in [7, 11) is -2.49. The molecule has 0 bridgehead atoms. The number of carbonyl (C=O) groups is 2. The van der Waals surface area contributed by atoms with Crippen LogP contribution >= 0.6 is 0 Å². The molecule has 2 N–H and O–H groups in total. The quantitative estimate of drug-likeness (QED) is 0.629. The summed E-state index contributed by atoms with van der Waals surface area (Å²) in [6.45, 7) is 3.49. The van der Waals surface area contributed by atoms with Crippen LogP contribution in [0.3, 0.4) is 0 Å². The summed E-state index contributed by atoms with van der Waals surface area (Å²) in [6.07, 6.45) is 3.85. The van der Waals surface area contributed by atoms with E-state index < -0.39 is 15.9 Å². The maximum Gasteiger partial charge on any atom is 0.255 e. The van der Waals surface area contributed by atoms with E-state index in [0.29, 0.717) is 11.3 Å². The number of rotatable bonds is 7. The van der Waals surface area contributed by atoms with Gasteiger partial charge in [0.1, 0.15) is 10.6 Å². The van der Waals surface area contributed by atoms with Crippen LogP contribution in [0.4, 0.5) is 5.69 Å². The van der Waals surface area contributed by atoms with Gasteiger partial charge in [-0.3, -0.25) is 9.59 Å². The van der Waals surface area contributed by atoms with Crippen LogP contribution in [0, 0.1) is 5.92 Å². The number of amides is 1. The number of methoxy groups -OCH3 is 1. The minimum absolute atomic E-state index is 0.0714. The Morgan fingerprint density at radius 3 is 2.45 bits per heavy atom. The number of anilines is 1. The van der Waals surface area contributed by atoms with Gasteiger partial charge in [-0.1, -0.05) is 31.9 Å². The van der Waals surface area contributed by atoms with Crippen LogP contribution in [-0.4, -0.2) is 33.3 Å². The summed E-state index contributed by atoms with van der Waals surface area (Å²) < 4.78 is 34.3. The lowest BCUT2D eigenvalue weighted by molar-refractivity contribution is 0.101. The molecule has 166 valence electrons. The number of sulfonamides is 1. The molecule has 0 aliphatic heterocycles. The van der Waals surface area contributed by atoms with Crippen molar-refractivity contribution in [2.45, 2.75) is 50.5 Å². The summed E-state index contributed by atoms with van der Waals surface area (Å²) in [5.74, 6) is -0.177. The Balaban J connectivity index is 1.86. The average molecular weight is 445 g/mol. The van der Waals surface area contributed by atoms with Crippen LogP contribution in [0.25, 0.3) is 0 Å². The smallest absolute Gasteiger partial charge is 0.255 e. The van der Waals surface area contributed by atoms with Gasteiger partial charge in [0.15, 0.2) is 5.78 Å². The largest absolute Gasteiger partial charge is 0.495 e. The molecule has 1 aliphatic carbocycles. The van der Waals surface area contributed by atoms with Gasteiger partial charge in [-0.15, -0.1) is 0 Å². The summed E-state index contributed by atoms with van der Waals surface area (Å²) in [5, 5.41) is 2.71. The van der Waals surface area contributed by atoms with E-state index in [-0.39, 0.29) is 34.0 Å². The van der Waals surface area contributed by atoms with Crippen molar-refractivity contribution in [3.63, 3.8) is 0 Å². The second-order valence-electron chi connectivity index (χ2n) is 7.95. The van der Waals surface area contributed by atoms with Crippen molar-refractivity contribution in [3.05, 3.63) is 53.6 Å². The maximum absolute atomic E-state index is 13.1. The fraction of sp³-hybridized carbons (Fsp3) is 0.391. The first-order valence-electron chi connectivity index (χ1n) is 10.3. The molecule has 1 amide bonds. The Labute approximate surface area is 183 Å². The van der Waals surface area contributed by atoms with Gasteiger partial charge >= 0.3 is 0 Å². The van der Waals surface area contributed by atoms with Crippen LogP contribution in [0.1, 0.15) is 60.2 Å². The van der Waals surface area contributed by atoms with Gasteiger partial charge in [-0.05, 0) is 56.0 Å². The molecule has 2 atom stereocenters. The third kappa shape index (κ3) is 5.51. The number of nitrogens with one attached hydrogen (secondary N) is 2. The Hall–Kier alpha value is -2.71. The first-order valence-corrected chi connectivity index (χ1v) is 11.8. The number of ether oxygens (including phenoxy) is 1. The molecule has 1 saturated carbocycles. The highest BCUT2D eigenvalue weighted by atomic mass is 32.2. The third-order valence-corrected chi connectivity index (χ3v) is 7.17. The van der Waals surface area contributed by atoms with Gasteiger partial charge in [0.25, 0.3) is 5.91 Å². The topological polar surface area (TPSA) is 102 Å². The summed E-state index contributed by atoms with van der Waals surface area (Å²) in [5.41, 5.74) is 1.10. The molecule has 0 spiro atoms. The maximum atomic E-state index is 13.1. The number of hydrogen-bond donors (Lipinski definition) is 2. The SMILES string of the molecule is COc1ccc(C(=O)Nc2cccc(C(C)=O)c2)cc1S(=O)(=O)NC1CCCCC1C.